The molecular formula is C8H18ClN3O. The molecule has 2 N–H and O–H groups in total. The van der Waals surface area contributed by atoms with Gasteiger partial charge in [0, 0.05) is 26.7 Å². The van der Waals surface area contributed by atoms with E-state index in [1.807, 2.05) is 0 Å². The summed E-state index contributed by atoms with van der Waals surface area (Å²) in [5, 5.41) is 6.19. The molecule has 0 aliphatic carbocycles. The topological polar surface area (TPSA) is 44.4 Å². The van der Waals surface area contributed by atoms with E-state index in [1.165, 1.54) is 0 Å². The molecule has 2 amide bonds. The third kappa shape index (κ3) is 4.33. The normalized spacial score (nSPS) is 21.5. The fourth-order valence-corrected chi connectivity index (χ4v) is 1.28. The number of hydrogen-bond donors (Lipinski definition) is 2. The predicted molar refractivity (Wildman–Crippen MR) is 55.4 cm³/mol. The Morgan fingerprint density at radius 2 is 2.23 bits per heavy atom. The van der Waals surface area contributed by atoms with Crippen LogP contribution in [-0.2, 0) is 0 Å². The van der Waals surface area contributed by atoms with E-state index in [1.54, 1.807) is 19.0 Å². The third-order valence-corrected chi connectivity index (χ3v) is 2.03. The lowest BCUT2D eigenvalue weighted by Crippen LogP contribution is -2.48. The second-order valence-electron chi connectivity index (χ2n) is 3.39. The van der Waals surface area contributed by atoms with Crippen LogP contribution in [-0.4, -0.2) is 44.2 Å². The van der Waals surface area contributed by atoms with Crippen LogP contribution >= 0.6 is 12.4 Å². The van der Waals surface area contributed by atoms with Crippen molar-refractivity contribution >= 4 is 18.4 Å². The summed E-state index contributed by atoms with van der Waals surface area (Å²) in [6.45, 7) is 1.98. The van der Waals surface area contributed by atoms with E-state index in [0.717, 1.165) is 25.9 Å². The van der Waals surface area contributed by atoms with Crippen LogP contribution in [0.1, 0.15) is 12.8 Å². The van der Waals surface area contributed by atoms with Gasteiger partial charge in [-0.3, -0.25) is 0 Å². The minimum atomic E-state index is 0. The highest BCUT2D eigenvalue weighted by atomic mass is 35.5. The molecule has 0 saturated carbocycles. The van der Waals surface area contributed by atoms with Crippen molar-refractivity contribution in [3.63, 3.8) is 0 Å². The third-order valence-electron chi connectivity index (χ3n) is 2.03. The van der Waals surface area contributed by atoms with E-state index in [4.69, 9.17) is 0 Å². The maximum Gasteiger partial charge on any atom is 0.317 e. The summed E-state index contributed by atoms with van der Waals surface area (Å²) in [7, 11) is 3.51. The highest BCUT2D eigenvalue weighted by molar-refractivity contribution is 5.85. The molecule has 5 heteroatoms. The predicted octanol–water partition coefficient (Wildman–Crippen LogP) is 0.431. The lowest BCUT2D eigenvalue weighted by atomic mass is 10.1. The Morgan fingerprint density at radius 1 is 1.54 bits per heavy atom. The first-order valence-electron chi connectivity index (χ1n) is 4.38. The zero-order valence-electron chi connectivity index (χ0n) is 8.17. The number of nitrogens with zero attached hydrogens (tertiary/aromatic N) is 1. The average Bonchev–Trinajstić information content (AvgIpc) is 2.06. The molecular weight excluding hydrogens is 190 g/mol. The van der Waals surface area contributed by atoms with Gasteiger partial charge in [-0.15, -0.1) is 12.4 Å². The highest BCUT2D eigenvalue weighted by Crippen LogP contribution is 2.01. The van der Waals surface area contributed by atoms with Crippen LogP contribution in [0.2, 0.25) is 0 Å². The highest BCUT2D eigenvalue weighted by Gasteiger charge is 2.15. The average molecular weight is 208 g/mol. The van der Waals surface area contributed by atoms with Crippen molar-refractivity contribution in [2.75, 3.05) is 27.2 Å². The Bertz CT molecular complexity index is 157. The molecule has 4 nitrogen and oxygen atoms in total. The Morgan fingerprint density at radius 3 is 2.69 bits per heavy atom. The molecule has 1 rings (SSSR count). The van der Waals surface area contributed by atoms with Crippen molar-refractivity contribution < 1.29 is 4.79 Å². The van der Waals surface area contributed by atoms with E-state index in [2.05, 4.69) is 10.6 Å². The van der Waals surface area contributed by atoms with Crippen molar-refractivity contribution in [2.24, 2.45) is 0 Å². The van der Waals surface area contributed by atoms with Crippen LogP contribution in [0.4, 0.5) is 4.79 Å². The minimum Gasteiger partial charge on any atom is -0.334 e. The fraction of sp³-hybridized carbons (Fsp3) is 0.875. The first-order valence-corrected chi connectivity index (χ1v) is 4.38. The number of rotatable bonds is 1. The smallest absolute Gasteiger partial charge is 0.317 e. The Hall–Kier alpha value is -0.480. The molecule has 0 aromatic heterocycles. The van der Waals surface area contributed by atoms with Gasteiger partial charge in [0.1, 0.15) is 0 Å². The first kappa shape index (κ1) is 12.5. The Labute approximate surface area is 85.5 Å². The quantitative estimate of drug-likeness (QED) is 0.655. The molecule has 0 radical (unpaired) electrons. The molecule has 1 unspecified atom stereocenters. The summed E-state index contributed by atoms with van der Waals surface area (Å²) in [6, 6.07) is 0.317. The number of urea groups is 1. The van der Waals surface area contributed by atoms with Crippen molar-refractivity contribution in [2.45, 2.75) is 18.9 Å². The van der Waals surface area contributed by atoms with Gasteiger partial charge in [-0.2, -0.15) is 0 Å². The number of halogens is 1. The molecule has 78 valence electrons. The van der Waals surface area contributed by atoms with E-state index in [-0.39, 0.29) is 18.4 Å². The number of piperidine rings is 1. The van der Waals surface area contributed by atoms with Crippen molar-refractivity contribution in [3.8, 4) is 0 Å². The van der Waals surface area contributed by atoms with Crippen LogP contribution < -0.4 is 10.6 Å². The lowest BCUT2D eigenvalue weighted by Gasteiger charge is -2.25. The SMILES string of the molecule is CN(C)C(=O)NC1CCCNC1.Cl. The number of nitrogens with one attached hydrogen (secondary N) is 2. The van der Waals surface area contributed by atoms with Crippen molar-refractivity contribution in [1.82, 2.24) is 15.5 Å². The van der Waals surface area contributed by atoms with E-state index in [0.29, 0.717) is 6.04 Å². The number of hydrogen-bond acceptors (Lipinski definition) is 2. The molecule has 1 fully saturated rings. The molecule has 0 bridgehead atoms. The van der Waals surface area contributed by atoms with E-state index < -0.39 is 0 Å². The van der Waals surface area contributed by atoms with E-state index in [9.17, 15) is 4.79 Å². The largest absolute Gasteiger partial charge is 0.334 e. The lowest BCUT2D eigenvalue weighted by molar-refractivity contribution is 0.210. The van der Waals surface area contributed by atoms with Crippen molar-refractivity contribution in [3.05, 3.63) is 0 Å². The maximum atomic E-state index is 11.2. The molecule has 1 atom stereocenters. The fourth-order valence-electron chi connectivity index (χ4n) is 1.28. The molecule has 0 aromatic carbocycles. The second kappa shape index (κ2) is 6.05. The van der Waals surface area contributed by atoms with E-state index >= 15 is 0 Å². The summed E-state index contributed by atoms with van der Waals surface area (Å²) in [5.74, 6) is 0. The molecule has 0 spiro atoms. The van der Waals surface area contributed by atoms with Crippen LogP contribution in [0.5, 0.6) is 0 Å². The first-order chi connectivity index (χ1) is 5.70. The van der Waals surface area contributed by atoms with Crippen LogP contribution in [0, 0.1) is 0 Å². The van der Waals surface area contributed by atoms with Gasteiger partial charge < -0.3 is 15.5 Å². The molecule has 1 aliphatic heterocycles. The van der Waals surface area contributed by atoms with Gasteiger partial charge in [-0.1, -0.05) is 0 Å². The molecule has 1 saturated heterocycles. The maximum absolute atomic E-state index is 11.2. The van der Waals surface area contributed by atoms with Crippen LogP contribution in [0.15, 0.2) is 0 Å². The summed E-state index contributed by atoms with van der Waals surface area (Å²) in [6.07, 6.45) is 2.24. The Balaban J connectivity index is 0.00000144. The van der Waals surface area contributed by atoms with Crippen LogP contribution in [0.3, 0.4) is 0 Å². The zero-order valence-corrected chi connectivity index (χ0v) is 8.99. The van der Waals surface area contributed by atoms with Gasteiger partial charge in [0.25, 0.3) is 0 Å². The minimum absolute atomic E-state index is 0. The molecule has 13 heavy (non-hydrogen) atoms. The molecule has 1 heterocycles. The van der Waals surface area contributed by atoms with Gasteiger partial charge in [0.15, 0.2) is 0 Å². The van der Waals surface area contributed by atoms with Gasteiger partial charge in [0.05, 0.1) is 0 Å². The zero-order chi connectivity index (χ0) is 8.97. The van der Waals surface area contributed by atoms with Crippen LogP contribution in [0.25, 0.3) is 0 Å². The second-order valence-corrected chi connectivity index (χ2v) is 3.39. The van der Waals surface area contributed by atoms with Gasteiger partial charge >= 0.3 is 6.03 Å². The van der Waals surface area contributed by atoms with Crippen molar-refractivity contribution in [1.29, 1.82) is 0 Å². The summed E-state index contributed by atoms with van der Waals surface area (Å²) in [5.41, 5.74) is 0. The Kier molecular flexibility index (Phi) is 5.82. The number of carbonyl (C=O) groups is 1. The summed E-state index contributed by atoms with van der Waals surface area (Å²) < 4.78 is 0. The molecule has 1 aliphatic rings. The number of carbonyl (C=O) groups excluding carboxylic acids is 1. The monoisotopic (exact) mass is 207 g/mol. The number of amides is 2. The van der Waals surface area contributed by atoms with Gasteiger partial charge in [0.2, 0.25) is 0 Å². The standard InChI is InChI=1S/C8H17N3O.ClH/c1-11(2)8(12)10-7-4-3-5-9-6-7;/h7,9H,3-6H2,1-2H3,(H,10,12);1H. The molecule has 0 aromatic rings. The van der Waals surface area contributed by atoms with Gasteiger partial charge in [-0.05, 0) is 19.4 Å². The summed E-state index contributed by atoms with van der Waals surface area (Å²) in [4.78, 5) is 12.8. The summed E-state index contributed by atoms with van der Waals surface area (Å²) >= 11 is 0. The van der Waals surface area contributed by atoms with Gasteiger partial charge in [-0.25, -0.2) is 4.79 Å².